The molecule has 2 aliphatic rings. The molecule has 428 valence electrons. The lowest BCUT2D eigenvalue weighted by Crippen LogP contribution is -2.29. The Kier molecular flexibility index (Phi) is 47.4. The van der Waals surface area contributed by atoms with Crippen LogP contribution < -0.4 is 4.90 Å². The number of carbonyl (C=O) groups is 1. The maximum Gasteiger partial charge on any atom is 0.303 e. The molecule has 0 spiro atoms. The third-order valence-electron chi connectivity index (χ3n) is 9.85. The van der Waals surface area contributed by atoms with Crippen LogP contribution in [0.15, 0.2) is 188 Å². The standard InChI is InChI=1S/C37H48N2O19S2.8C2H4/c1-6-38-32-18-16-28(60(45,46)47)25-30(32)37(4,19-11-21-49-26-51-53-55-57-58-56-54-52-50-23-22-48-5)34(38)13-10-12-33-36(2,3)29-24-27(59(42,43)44)15-17-31(29)39(33)20-9-7-8-14-35(40)41;8*1-2/h10,12-13,15-18,22-25H,6-9,11,14,19-21,26H2,1-5H3,(H2-,40,41,42,43,44,45,46,47);8*1-2H2/b23-22+;;;;;;;;. The Balaban J connectivity index is -0.000000957. The third-order valence-corrected chi connectivity index (χ3v) is 11.5. The van der Waals surface area contributed by atoms with E-state index in [4.69, 9.17) is 9.84 Å². The molecule has 0 saturated carbocycles. The van der Waals surface area contributed by atoms with E-state index in [0.717, 1.165) is 35.3 Å². The van der Waals surface area contributed by atoms with E-state index in [-0.39, 0.29) is 22.8 Å². The van der Waals surface area contributed by atoms with Gasteiger partial charge < -0.3 is 28.9 Å². The molecule has 0 saturated heterocycles. The van der Waals surface area contributed by atoms with Crippen LogP contribution in [0.25, 0.3) is 0 Å². The number of carboxylic acid groups (broad SMARTS) is 1. The number of fused-ring (bicyclic) bond motifs is 2. The summed E-state index contributed by atoms with van der Waals surface area (Å²) in [6.07, 6.45) is 10.5. The van der Waals surface area contributed by atoms with E-state index in [0.29, 0.717) is 56.3 Å². The number of unbranched alkanes of at least 4 members (excludes halogenated alkanes) is 2. The quantitative estimate of drug-likeness (QED) is 0.0123. The van der Waals surface area contributed by atoms with Gasteiger partial charge in [0.2, 0.25) is 5.69 Å². The largest absolute Gasteiger partial charge is 0.744 e. The van der Waals surface area contributed by atoms with Gasteiger partial charge in [0, 0.05) is 80.7 Å². The minimum absolute atomic E-state index is 0.0475. The van der Waals surface area contributed by atoms with E-state index < -0.39 is 43.8 Å². The maximum absolute atomic E-state index is 12.1. The molecule has 1 unspecified atom stereocenters. The van der Waals surface area contributed by atoms with Gasteiger partial charge in [0.1, 0.15) is 22.9 Å². The predicted molar refractivity (Wildman–Crippen MR) is 293 cm³/mol. The zero-order chi connectivity index (χ0) is 60.0. The molecule has 0 radical (unpaired) electrons. The van der Waals surface area contributed by atoms with Gasteiger partial charge in [0.25, 0.3) is 10.1 Å². The van der Waals surface area contributed by atoms with Crippen LogP contribution in [0.2, 0.25) is 0 Å². The molecular weight excluding hydrogens is 1030 g/mol. The van der Waals surface area contributed by atoms with Crippen LogP contribution in [0, 0.1) is 0 Å². The second-order valence-corrected chi connectivity index (χ2v) is 16.8. The molecule has 4 rings (SSSR count). The smallest absolute Gasteiger partial charge is 0.303 e. The number of hydrogen-bond donors (Lipinski definition) is 2. The molecule has 21 nitrogen and oxygen atoms in total. The van der Waals surface area contributed by atoms with Crippen LogP contribution in [-0.4, -0.2) is 80.9 Å². The highest BCUT2D eigenvalue weighted by Crippen LogP contribution is 2.51. The van der Waals surface area contributed by atoms with E-state index in [1.54, 1.807) is 12.1 Å². The molecular formula is C53H80N2O19S2. The number of aliphatic carboxylic acids is 1. The Morgan fingerprint density at radius 2 is 1.26 bits per heavy atom. The summed E-state index contributed by atoms with van der Waals surface area (Å²) in [5.74, 6) is -0.873. The highest BCUT2D eigenvalue weighted by Gasteiger charge is 2.46. The van der Waals surface area contributed by atoms with Crippen molar-refractivity contribution in [3.63, 3.8) is 0 Å². The molecule has 0 amide bonds. The van der Waals surface area contributed by atoms with Crippen molar-refractivity contribution in [2.24, 2.45) is 0 Å². The molecule has 2 aromatic carbocycles. The predicted octanol–water partition coefficient (Wildman–Crippen LogP) is 11.9. The van der Waals surface area contributed by atoms with Gasteiger partial charge in [0.05, 0.1) is 22.3 Å². The molecule has 0 bridgehead atoms. The van der Waals surface area contributed by atoms with Gasteiger partial charge in [-0.25, -0.2) is 8.42 Å². The van der Waals surface area contributed by atoms with Crippen molar-refractivity contribution in [3.05, 3.63) is 189 Å². The van der Waals surface area contributed by atoms with Crippen molar-refractivity contribution in [1.29, 1.82) is 0 Å². The lowest BCUT2D eigenvalue weighted by Gasteiger charge is -2.30. The average Bonchev–Trinajstić information content (AvgIpc) is 3.80. The van der Waals surface area contributed by atoms with Gasteiger partial charge in [-0.1, -0.05) is 6.08 Å². The normalized spacial score (nSPS) is 14.8. The Hall–Kier alpha value is -6.42. The van der Waals surface area contributed by atoms with Crippen LogP contribution >= 0.6 is 0 Å². The lowest BCUT2D eigenvalue weighted by molar-refractivity contribution is -0.830. The zero-order valence-electron chi connectivity index (χ0n) is 44.8. The summed E-state index contributed by atoms with van der Waals surface area (Å²) < 4.78 is 82.5. The molecule has 0 fully saturated rings. The monoisotopic (exact) mass is 1110 g/mol. The summed E-state index contributed by atoms with van der Waals surface area (Å²) in [4.78, 5) is 21.4. The fourth-order valence-electron chi connectivity index (χ4n) is 7.13. The minimum Gasteiger partial charge on any atom is -0.744 e. The SMILES string of the molecule is C=C.C=C.C=C.C=C.C=C.C=C.C=C.C=C.CCN1C(=CC=CC2=[N+](CCCCCC(=O)O)c3ccc(S(=O)(=O)O)cc3C2(C)C)C(C)(CCCOCOOOOOOOOO/C=C/OC)c2cc(S(=O)(=O)[O-])ccc21. The topological polar surface area (TPSA) is 257 Å². The number of rotatable bonds is 27. The van der Waals surface area contributed by atoms with Crippen molar-refractivity contribution in [1.82, 2.24) is 0 Å². The highest BCUT2D eigenvalue weighted by atomic mass is 32.2. The van der Waals surface area contributed by atoms with Crippen LogP contribution in [0.5, 0.6) is 0 Å². The Bertz CT molecular complexity index is 2260. The fourth-order valence-corrected chi connectivity index (χ4v) is 8.14. The molecule has 2 N–H and O–H groups in total. The second kappa shape index (κ2) is 45.9. The van der Waals surface area contributed by atoms with Crippen LogP contribution in [-0.2, 0) is 90.4 Å². The first-order chi connectivity index (χ1) is 36.5. The summed E-state index contributed by atoms with van der Waals surface area (Å²) >= 11 is 0. The van der Waals surface area contributed by atoms with Gasteiger partial charge in [-0.05, 0) is 110 Å². The van der Waals surface area contributed by atoms with Gasteiger partial charge in [-0.3, -0.25) is 9.35 Å². The molecule has 2 aromatic rings. The first kappa shape index (κ1) is 78.5. The van der Waals surface area contributed by atoms with Crippen molar-refractivity contribution in [2.75, 3.05) is 38.5 Å². The van der Waals surface area contributed by atoms with Gasteiger partial charge in [-0.15, -0.1) is 105 Å². The number of allylic oxidation sites excluding steroid dienone is 4. The maximum atomic E-state index is 12.1. The zero-order valence-corrected chi connectivity index (χ0v) is 46.4. The molecule has 2 heterocycles. The number of anilines is 1. The van der Waals surface area contributed by atoms with Crippen molar-refractivity contribution in [2.45, 2.75) is 86.8 Å². The van der Waals surface area contributed by atoms with Gasteiger partial charge in [-0.2, -0.15) is 17.9 Å². The number of likely N-dealkylation sites (N-methyl/N-ethyl adjacent to an activating group) is 1. The number of carboxylic acids is 1. The summed E-state index contributed by atoms with van der Waals surface area (Å²) in [7, 11) is -7.89. The molecule has 0 aliphatic carbocycles. The Labute approximate surface area is 451 Å². The van der Waals surface area contributed by atoms with E-state index >= 15 is 0 Å². The van der Waals surface area contributed by atoms with E-state index in [9.17, 15) is 30.7 Å². The summed E-state index contributed by atoms with van der Waals surface area (Å²) in [5.41, 5.74) is 2.88. The van der Waals surface area contributed by atoms with Crippen LogP contribution in [0.1, 0.15) is 77.3 Å². The Morgan fingerprint density at radius 1 is 0.724 bits per heavy atom. The van der Waals surface area contributed by atoms with E-state index in [1.807, 2.05) is 50.8 Å². The summed E-state index contributed by atoms with van der Waals surface area (Å²) in [6.45, 7) is 56.5. The van der Waals surface area contributed by atoms with E-state index in [1.165, 1.54) is 31.4 Å². The summed E-state index contributed by atoms with van der Waals surface area (Å²) in [6, 6.07) is 8.76. The summed E-state index contributed by atoms with van der Waals surface area (Å²) in [5, 5.41) is 37.0. The number of nitrogens with zero attached hydrogens (tertiary/aromatic N) is 2. The van der Waals surface area contributed by atoms with Crippen LogP contribution in [0.4, 0.5) is 11.4 Å². The van der Waals surface area contributed by atoms with E-state index in [2.05, 4.69) is 160 Å². The fraction of sp³-hybridized carbons (Fsp3) is 0.321. The average molecular weight is 1110 g/mol. The third kappa shape index (κ3) is 26.4. The van der Waals surface area contributed by atoms with Gasteiger partial charge in [0.15, 0.2) is 18.8 Å². The molecule has 2 aliphatic heterocycles. The van der Waals surface area contributed by atoms with Crippen LogP contribution in [0.3, 0.4) is 0 Å². The van der Waals surface area contributed by atoms with Crippen molar-refractivity contribution in [3.8, 4) is 0 Å². The minimum atomic E-state index is -4.78. The first-order valence-corrected chi connectivity index (χ1v) is 25.3. The van der Waals surface area contributed by atoms with Crippen molar-refractivity contribution < 1.29 is 94.9 Å². The molecule has 23 heteroatoms. The molecule has 76 heavy (non-hydrogen) atoms. The van der Waals surface area contributed by atoms with Gasteiger partial charge >= 0.3 is 5.97 Å². The molecule has 0 aromatic heterocycles. The number of methoxy groups -OCH3 is 1. The highest BCUT2D eigenvalue weighted by molar-refractivity contribution is 7.86. The number of ether oxygens (including phenoxy) is 2. The second-order valence-electron chi connectivity index (χ2n) is 14.0. The molecule has 1 atom stereocenters. The number of hydrogen-bond acceptors (Lipinski definition) is 18. The van der Waals surface area contributed by atoms with Crippen molar-refractivity contribution >= 4 is 43.3 Å². The lowest BCUT2D eigenvalue weighted by atomic mass is 9.77. The first-order valence-electron chi connectivity index (χ1n) is 22.4. The number of benzene rings is 2. The Morgan fingerprint density at radius 3 is 1.79 bits per heavy atom.